The van der Waals surface area contributed by atoms with E-state index in [0.29, 0.717) is 0 Å². The second kappa shape index (κ2) is 34.5. The van der Waals surface area contributed by atoms with Crippen LogP contribution in [0.1, 0.15) is 0 Å². The molecule has 6 heterocycles. The lowest BCUT2D eigenvalue weighted by molar-refractivity contribution is 1.18. The maximum absolute atomic E-state index is 5.17. The highest BCUT2D eigenvalue weighted by Crippen LogP contribution is 2.48. The van der Waals surface area contributed by atoms with Crippen LogP contribution < -0.4 is 0 Å². The second-order valence-electron chi connectivity index (χ2n) is 36.0. The Hall–Kier alpha value is -18.5. The van der Waals surface area contributed by atoms with E-state index in [1.807, 2.05) is 24.3 Å². The highest BCUT2D eigenvalue weighted by atomic mass is 15.0. The molecule has 28 aromatic rings. The smallest absolute Gasteiger partial charge is 0.0715 e. The lowest BCUT2D eigenvalue weighted by Crippen LogP contribution is -1.97. The molecule has 648 valence electrons. The van der Waals surface area contributed by atoms with Crippen LogP contribution in [0.3, 0.4) is 0 Å². The minimum absolute atomic E-state index is 0.960. The van der Waals surface area contributed by atoms with Crippen molar-refractivity contribution in [2.75, 3.05) is 0 Å². The Labute approximate surface area is 803 Å². The summed E-state index contributed by atoms with van der Waals surface area (Å²) in [6.45, 7) is 0. The van der Waals surface area contributed by atoms with Crippen molar-refractivity contribution in [3.05, 3.63) is 522 Å². The third-order valence-corrected chi connectivity index (χ3v) is 27.8. The molecule has 0 N–H and O–H groups in total. The summed E-state index contributed by atoms with van der Waals surface area (Å²) >= 11 is 0. The molecule has 0 amide bonds. The Balaban J connectivity index is 0.000000108. The molecular formula is C133H86N6. The van der Waals surface area contributed by atoms with Crippen LogP contribution in [0, 0.1) is 0 Å². The van der Waals surface area contributed by atoms with Gasteiger partial charge in [-0.05, 0) is 213 Å². The lowest BCUT2D eigenvalue weighted by atomic mass is 9.96. The molecule has 0 unspecified atom stereocenters. The highest BCUT2D eigenvalue weighted by Gasteiger charge is 2.25. The van der Waals surface area contributed by atoms with Gasteiger partial charge >= 0.3 is 0 Å². The molecule has 0 fully saturated rings. The Morgan fingerprint density at radius 2 is 0.353 bits per heavy atom. The third kappa shape index (κ3) is 14.6. The van der Waals surface area contributed by atoms with Crippen LogP contribution in [0.15, 0.2) is 522 Å². The molecule has 6 aromatic heterocycles. The fraction of sp³-hybridized carbons (Fsp3) is 0. The summed E-state index contributed by atoms with van der Waals surface area (Å²) in [5.41, 5.74) is 30.0. The summed E-state index contributed by atoms with van der Waals surface area (Å²) in [6, 6.07) is 187. The number of aromatic nitrogens is 6. The van der Waals surface area contributed by atoms with Crippen molar-refractivity contribution >= 4 is 141 Å². The van der Waals surface area contributed by atoms with E-state index in [-0.39, 0.29) is 0 Å². The standard InChI is InChI=1S/C47H30N2.2C43H28N2/c1-3-15-33(16-4-1)41-28-37(29-42(48-41)34-17-5-2-6-18-34)36-27-35-19-9-10-20-38(35)45(30-36)49-43-25-23-31-13-7-11-21-39(31)46(43)47-40-22-12-8-14-32(40)24-26-44(47)49;1-3-14-31(15-4-1)38-27-34(28-39(44-38)32-16-5-2-6-17-32)33-18-11-19-35(26-33)45-40-24-22-29-12-7-9-20-36(29)42(40)43-37-21-10-8-13-30(37)23-25-41(43)45;1-3-13-32(14-4-1)38-27-34(28-39(44-38)33-15-5-2-6-16-33)29-19-23-35(24-20-29)45-40-25-21-30-11-7-9-17-36(30)42(40)43-37-18-10-8-12-31(37)22-26-41(43)45/h1-30H;2*1-28H. The van der Waals surface area contributed by atoms with Crippen LogP contribution in [0.25, 0.3) is 259 Å². The molecule has 0 aliphatic carbocycles. The SMILES string of the molecule is c1ccc(-c2cc(-c3cc(-n4c5ccc6ccccc6c5c5c6ccccc6ccc54)c4ccccc4c3)cc(-c3ccccc3)n2)cc1.c1ccc(-c2cc(-c3ccc(-n4c5ccc6ccccc6c5c5c6ccccc6ccc54)cc3)cc(-c3ccccc3)n2)cc1.c1ccc(-c2cc(-c3cccc(-n4c5ccc6ccccc6c5c5c6ccccc6ccc54)c3)cc(-c3ccccc3)n2)cc1. The van der Waals surface area contributed by atoms with E-state index in [1.165, 1.54) is 141 Å². The minimum Gasteiger partial charge on any atom is -0.309 e. The van der Waals surface area contributed by atoms with E-state index in [2.05, 4.69) is 511 Å². The topological polar surface area (TPSA) is 53.5 Å². The van der Waals surface area contributed by atoms with Gasteiger partial charge in [-0.25, -0.2) is 15.0 Å². The summed E-state index contributed by atoms with van der Waals surface area (Å²) < 4.78 is 7.35. The van der Waals surface area contributed by atoms with Crippen molar-refractivity contribution in [2.24, 2.45) is 0 Å². The number of hydrogen-bond donors (Lipinski definition) is 0. The first-order valence-electron chi connectivity index (χ1n) is 47.6. The highest BCUT2D eigenvalue weighted by molar-refractivity contribution is 6.32. The zero-order valence-electron chi connectivity index (χ0n) is 75.8. The van der Waals surface area contributed by atoms with Gasteiger partial charge in [0.25, 0.3) is 0 Å². The summed E-state index contributed by atoms with van der Waals surface area (Å²) in [5.74, 6) is 0. The Morgan fingerprint density at radius 1 is 0.122 bits per heavy atom. The average molecular weight is 1770 g/mol. The molecular weight excluding hydrogens is 1680 g/mol. The summed E-state index contributed by atoms with van der Waals surface area (Å²) in [7, 11) is 0. The quantitative estimate of drug-likeness (QED) is 0.122. The van der Waals surface area contributed by atoms with Crippen LogP contribution >= 0.6 is 0 Å². The van der Waals surface area contributed by atoms with Crippen molar-refractivity contribution in [1.82, 2.24) is 28.7 Å². The van der Waals surface area contributed by atoms with Crippen molar-refractivity contribution < 1.29 is 0 Å². The average Bonchev–Trinajstić information content (AvgIpc) is 1.57. The largest absolute Gasteiger partial charge is 0.309 e. The van der Waals surface area contributed by atoms with E-state index in [4.69, 9.17) is 15.0 Å². The fourth-order valence-electron chi connectivity index (χ4n) is 21.4. The number of benzene rings is 22. The van der Waals surface area contributed by atoms with Gasteiger partial charge in [0.2, 0.25) is 0 Å². The van der Waals surface area contributed by atoms with Gasteiger partial charge in [-0.3, -0.25) is 0 Å². The Morgan fingerprint density at radius 3 is 0.655 bits per heavy atom. The molecule has 22 aromatic carbocycles. The molecule has 139 heavy (non-hydrogen) atoms. The van der Waals surface area contributed by atoms with Crippen molar-refractivity contribution in [3.63, 3.8) is 0 Å². The number of hydrogen-bond acceptors (Lipinski definition) is 3. The maximum atomic E-state index is 5.17. The predicted octanol–water partition coefficient (Wildman–Crippen LogP) is 35.6. The number of nitrogens with zero attached hydrogens (tertiary/aromatic N) is 6. The fourth-order valence-corrected chi connectivity index (χ4v) is 21.4. The molecule has 0 spiro atoms. The molecule has 6 nitrogen and oxygen atoms in total. The molecule has 0 saturated carbocycles. The first kappa shape index (κ1) is 81.3. The van der Waals surface area contributed by atoms with Crippen molar-refractivity contribution in [2.45, 2.75) is 0 Å². The molecule has 0 atom stereocenters. The van der Waals surface area contributed by atoms with Crippen LogP contribution in [-0.2, 0) is 0 Å². The van der Waals surface area contributed by atoms with Gasteiger partial charge < -0.3 is 13.7 Å². The third-order valence-electron chi connectivity index (χ3n) is 27.8. The Kier molecular flexibility index (Phi) is 20.2. The number of fused-ring (bicyclic) bond motifs is 22. The van der Waals surface area contributed by atoms with Gasteiger partial charge in [0.05, 0.1) is 73.0 Å². The molecule has 0 bridgehead atoms. The predicted molar refractivity (Wildman–Crippen MR) is 587 cm³/mol. The zero-order chi connectivity index (χ0) is 91.8. The maximum Gasteiger partial charge on any atom is 0.0715 e. The Bertz CT molecular complexity index is 9210. The monoisotopic (exact) mass is 1770 g/mol. The van der Waals surface area contributed by atoms with Crippen LogP contribution in [-0.4, -0.2) is 28.7 Å². The van der Waals surface area contributed by atoms with Crippen LogP contribution in [0.2, 0.25) is 0 Å². The minimum atomic E-state index is 0.960. The van der Waals surface area contributed by atoms with E-state index in [0.717, 1.165) is 118 Å². The van der Waals surface area contributed by atoms with Gasteiger partial charge in [0.1, 0.15) is 0 Å². The second-order valence-corrected chi connectivity index (χ2v) is 36.0. The summed E-state index contributed by atoms with van der Waals surface area (Å²) in [4.78, 5) is 15.3. The number of pyridine rings is 3. The van der Waals surface area contributed by atoms with E-state index in [1.54, 1.807) is 0 Å². The zero-order valence-corrected chi connectivity index (χ0v) is 75.8. The van der Waals surface area contributed by atoms with E-state index < -0.39 is 0 Å². The van der Waals surface area contributed by atoms with E-state index in [9.17, 15) is 0 Å². The van der Waals surface area contributed by atoms with Crippen molar-refractivity contribution in [3.8, 4) is 118 Å². The molecule has 0 saturated heterocycles. The molecule has 0 aliphatic heterocycles. The van der Waals surface area contributed by atoms with Gasteiger partial charge in [-0.2, -0.15) is 0 Å². The van der Waals surface area contributed by atoms with Gasteiger partial charge in [0.15, 0.2) is 0 Å². The van der Waals surface area contributed by atoms with Crippen molar-refractivity contribution in [1.29, 1.82) is 0 Å². The molecule has 28 rings (SSSR count). The summed E-state index contributed by atoms with van der Waals surface area (Å²) in [5, 5.41) is 25.4. The van der Waals surface area contributed by atoms with Gasteiger partial charge in [-0.1, -0.05) is 413 Å². The van der Waals surface area contributed by atoms with Crippen LogP contribution in [0.4, 0.5) is 0 Å². The lowest BCUT2D eigenvalue weighted by Gasteiger charge is -2.16. The first-order chi connectivity index (χ1) is 68.9. The summed E-state index contributed by atoms with van der Waals surface area (Å²) in [6.07, 6.45) is 0. The van der Waals surface area contributed by atoms with E-state index >= 15 is 0 Å². The molecule has 6 heteroatoms. The number of rotatable bonds is 12. The van der Waals surface area contributed by atoms with Gasteiger partial charge in [0, 0.05) is 82.5 Å². The molecule has 0 aliphatic rings. The molecule has 0 radical (unpaired) electrons. The van der Waals surface area contributed by atoms with Crippen LogP contribution in [0.5, 0.6) is 0 Å². The normalized spacial score (nSPS) is 11.6. The van der Waals surface area contributed by atoms with Gasteiger partial charge in [-0.15, -0.1) is 0 Å². The first-order valence-corrected chi connectivity index (χ1v) is 47.6.